The van der Waals surface area contributed by atoms with Gasteiger partial charge >= 0.3 is 5.97 Å². The second-order valence-corrected chi connectivity index (χ2v) is 6.95. The number of carbonyl (C=O) groups excluding carboxylic acids is 2. The highest BCUT2D eigenvalue weighted by molar-refractivity contribution is 5.89. The minimum atomic E-state index is -0.430. The number of nitrogens with zero attached hydrogens (tertiary/aromatic N) is 3. The van der Waals surface area contributed by atoms with Crippen LogP contribution < -0.4 is 4.74 Å². The van der Waals surface area contributed by atoms with Crippen molar-refractivity contribution in [1.29, 1.82) is 0 Å². The van der Waals surface area contributed by atoms with Crippen molar-refractivity contribution in [1.82, 2.24) is 14.7 Å². The van der Waals surface area contributed by atoms with Gasteiger partial charge in [-0.25, -0.2) is 4.79 Å². The summed E-state index contributed by atoms with van der Waals surface area (Å²) in [5.41, 5.74) is 3.30. The average molecular weight is 385 g/mol. The predicted molar refractivity (Wildman–Crippen MR) is 104 cm³/mol. The van der Waals surface area contributed by atoms with E-state index in [-0.39, 0.29) is 5.91 Å². The van der Waals surface area contributed by atoms with Crippen LogP contribution >= 0.6 is 0 Å². The molecule has 0 fully saturated rings. The van der Waals surface area contributed by atoms with E-state index in [1.807, 2.05) is 38.2 Å². The maximum Gasteiger partial charge on any atom is 0.359 e. The molecule has 0 saturated heterocycles. The van der Waals surface area contributed by atoms with Crippen LogP contribution in [0.1, 0.15) is 47.1 Å². The fourth-order valence-electron chi connectivity index (χ4n) is 3.37. The molecule has 3 rings (SSSR count). The standard InChI is InChI=1S/C21H27N3O4/c1-4-27-21(26)20-17-14-24(12-11-18(17)23(3)22-20)19(25)6-5-13-28-16-9-7-15(2)8-10-16/h7-10H,4-6,11-14H2,1-3H3. The lowest BCUT2D eigenvalue weighted by Gasteiger charge is -2.27. The van der Waals surface area contributed by atoms with E-state index >= 15 is 0 Å². The zero-order chi connectivity index (χ0) is 20.1. The van der Waals surface area contributed by atoms with Crippen LogP contribution in [0.2, 0.25) is 0 Å². The second kappa shape index (κ2) is 8.91. The first-order valence-electron chi connectivity index (χ1n) is 9.68. The van der Waals surface area contributed by atoms with Crippen molar-refractivity contribution in [2.45, 2.75) is 39.7 Å². The number of carbonyl (C=O) groups is 2. The Morgan fingerprint density at radius 2 is 1.96 bits per heavy atom. The molecule has 1 aliphatic heterocycles. The lowest BCUT2D eigenvalue weighted by atomic mass is 10.0. The first-order chi connectivity index (χ1) is 13.5. The number of aryl methyl sites for hydroxylation is 2. The van der Waals surface area contributed by atoms with Crippen LogP contribution in [0, 0.1) is 6.92 Å². The Labute approximate surface area is 165 Å². The highest BCUT2D eigenvalue weighted by Gasteiger charge is 2.29. The minimum Gasteiger partial charge on any atom is -0.494 e. The summed E-state index contributed by atoms with van der Waals surface area (Å²) < 4.78 is 12.5. The number of hydrogen-bond acceptors (Lipinski definition) is 5. The van der Waals surface area contributed by atoms with Gasteiger partial charge in [-0.2, -0.15) is 5.10 Å². The largest absolute Gasteiger partial charge is 0.494 e. The summed E-state index contributed by atoms with van der Waals surface area (Å²) in [6.07, 6.45) is 1.74. The third-order valence-electron chi connectivity index (χ3n) is 4.89. The normalized spacial score (nSPS) is 13.2. The lowest BCUT2D eigenvalue weighted by Crippen LogP contribution is -2.36. The molecule has 1 aliphatic rings. The molecule has 7 heteroatoms. The molecule has 2 heterocycles. The number of amides is 1. The molecule has 28 heavy (non-hydrogen) atoms. The molecule has 0 radical (unpaired) electrons. The number of hydrogen-bond donors (Lipinski definition) is 0. The number of ether oxygens (including phenoxy) is 2. The van der Waals surface area contributed by atoms with Crippen molar-refractivity contribution in [3.05, 3.63) is 46.8 Å². The molecular weight excluding hydrogens is 358 g/mol. The Morgan fingerprint density at radius 3 is 2.68 bits per heavy atom. The van der Waals surface area contributed by atoms with E-state index in [2.05, 4.69) is 5.10 Å². The van der Waals surface area contributed by atoms with E-state index < -0.39 is 5.97 Å². The van der Waals surface area contributed by atoms with Gasteiger partial charge in [0.2, 0.25) is 5.91 Å². The van der Waals surface area contributed by atoms with Gasteiger partial charge in [0.15, 0.2) is 5.69 Å². The van der Waals surface area contributed by atoms with Crippen molar-refractivity contribution >= 4 is 11.9 Å². The first-order valence-corrected chi connectivity index (χ1v) is 9.68. The third-order valence-corrected chi connectivity index (χ3v) is 4.89. The molecule has 1 aromatic heterocycles. The van der Waals surface area contributed by atoms with Gasteiger partial charge in [-0.3, -0.25) is 9.48 Å². The van der Waals surface area contributed by atoms with Gasteiger partial charge in [0.05, 0.1) is 13.2 Å². The molecule has 0 N–H and O–H groups in total. The van der Waals surface area contributed by atoms with Crippen LogP contribution in [0.25, 0.3) is 0 Å². The van der Waals surface area contributed by atoms with Gasteiger partial charge in [-0.05, 0) is 32.4 Å². The molecule has 150 valence electrons. The SMILES string of the molecule is CCOC(=O)c1nn(C)c2c1CN(C(=O)CCCOc1ccc(C)cc1)CC2. The van der Waals surface area contributed by atoms with E-state index in [1.54, 1.807) is 16.5 Å². The van der Waals surface area contributed by atoms with Crippen molar-refractivity contribution in [3.8, 4) is 5.75 Å². The number of rotatable bonds is 7. The van der Waals surface area contributed by atoms with Gasteiger partial charge < -0.3 is 14.4 Å². The summed E-state index contributed by atoms with van der Waals surface area (Å²) in [5.74, 6) is 0.451. The molecule has 1 amide bonds. The summed E-state index contributed by atoms with van der Waals surface area (Å²) in [7, 11) is 1.82. The van der Waals surface area contributed by atoms with E-state index in [0.717, 1.165) is 17.0 Å². The van der Waals surface area contributed by atoms with Crippen LogP contribution in [0.3, 0.4) is 0 Å². The van der Waals surface area contributed by atoms with Gasteiger partial charge in [0.1, 0.15) is 5.75 Å². The van der Waals surface area contributed by atoms with Crippen LogP contribution in [0.15, 0.2) is 24.3 Å². The average Bonchev–Trinajstić information content (AvgIpc) is 3.03. The van der Waals surface area contributed by atoms with Gasteiger partial charge in [0, 0.05) is 44.2 Å². The fourth-order valence-corrected chi connectivity index (χ4v) is 3.37. The first kappa shape index (κ1) is 19.9. The third kappa shape index (κ3) is 4.52. The van der Waals surface area contributed by atoms with Crippen molar-refractivity contribution in [2.75, 3.05) is 19.8 Å². The van der Waals surface area contributed by atoms with Crippen LogP contribution in [0.5, 0.6) is 5.75 Å². The molecule has 0 aliphatic carbocycles. The van der Waals surface area contributed by atoms with Crippen LogP contribution in [-0.2, 0) is 29.5 Å². The van der Waals surface area contributed by atoms with Crippen molar-refractivity contribution in [2.24, 2.45) is 7.05 Å². The molecule has 0 saturated carbocycles. The maximum absolute atomic E-state index is 12.6. The summed E-state index contributed by atoms with van der Waals surface area (Å²) >= 11 is 0. The zero-order valence-corrected chi connectivity index (χ0v) is 16.7. The van der Waals surface area contributed by atoms with Crippen LogP contribution in [0.4, 0.5) is 0 Å². The summed E-state index contributed by atoms with van der Waals surface area (Å²) in [6, 6.07) is 7.87. The molecule has 7 nitrogen and oxygen atoms in total. The fraction of sp³-hybridized carbons (Fsp3) is 0.476. The predicted octanol–water partition coefficient (Wildman–Crippen LogP) is 2.65. The lowest BCUT2D eigenvalue weighted by molar-refractivity contribution is -0.132. The molecular formula is C21H27N3O4. The van der Waals surface area contributed by atoms with E-state index in [0.29, 0.717) is 51.3 Å². The monoisotopic (exact) mass is 385 g/mol. The Kier molecular flexibility index (Phi) is 6.34. The molecule has 0 atom stereocenters. The zero-order valence-electron chi connectivity index (χ0n) is 16.7. The van der Waals surface area contributed by atoms with Crippen molar-refractivity contribution in [3.63, 3.8) is 0 Å². The summed E-state index contributed by atoms with van der Waals surface area (Å²) in [5, 5.41) is 4.30. The quantitative estimate of drug-likeness (QED) is 0.541. The molecule has 0 spiro atoms. The number of benzene rings is 1. The topological polar surface area (TPSA) is 73.7 Å². The maximum atomic E-state index is 12.6. The summed E-state index contributed by atoms with van der Waals surface area (Å²) in [4.78, 5) is 26.5. The minimum absolute atomic E-state index is 0.0665. The van der Waals surface area contributed by atoms with Gasteiger partial charge in [-0.15, -0.1) is 0 Å². The smallest absolute Gasteiger partial charge is 0.359 e. The van der Waals surface area contributed by atoms with E-state index in [4.69, 9.17) is 9.47 Å². The molecule has 1 aromatic carbocycles. The van der Waals surface area contributed by atoms with Gasteiger partial charge in [0.25, 0.3) is 0 Å². The highest BCUT2D eigenvalue weighted by atomic mass is 16.5. The Morgan fingerprint density at radius 1 is 1.21 bits per heavy atom. The molecule has 2 aromatic rings. The van der Waals surface area contributed by atoms with E-state index in [9.17, 15) is 9.59 Å². The number of aromatic nitrogens is 2. The Bertz CT molecular complexity index is 842. The Hall–Kier alpha value is -2.83. The van der Waals surface area contributed by atoms with E-state index in [1.165, 1.54) is 5.56 Å². The molecule has 0 unspecified atom stereocenters. The summed E-state index contributed by atoms with van der Waals surface area (Å²) in [6.45, 7) is 5.62. The van der Waals surface area contributed by atoms with Crippen molar-refractivity contribution < 1.29 is 19.1 Å². The van der Waals surface area contributed by atoms with Gasteiger partial charge in [-0.1, -0.05) is 17.7 Å². The molecule has 0 bridgehead atoms. The Balaban J connectivity index is 1.53. The second-order valence-electron chi connectivity index (χ2n) is 6.95. The van der Waals surface area contributed by atoms with Crippen LogP contribution in [-0.4, -0.2) is 46.3 Å². The number of fused-ring (bicyclic) bond motifs is 1. The number of esters is 1. The highest BCUT2D eigenvalue weighted by Crippen LogP contribution is 2.23.